The van der Waals surface area contributed by atoms with Gasteiger partial charge >= 0.3 is 0 Å². The molecule has 1 aliphatic heterocycles. The first-order valence-corrected chi connectivity index (χ1v) is 7.27. The smallest absolute Gasteiger partial charge is 0.0866 e. The highest BCUT2D eigenvalue weighted by Gasteiger charge is 2.29. The van der Waals surface area contributed by atoms with E-state index in [-0.39, 0.29) is 0 Å². The van der Waals surface area contributed by atoms with E-state index in [2.05, 4.69) is 44.0 Å². The van der Waals surface area contributed by atoms with Crippen LogP contribution in [0.15, 0.2) is 0 Å². The van der Waals surface area contributed by atoms with Gasteiger partial charge in [-0.15, -0.1) is 0 Å². The van der Waals surface area contributed by atoms with Crippen LogP contribution in [0.4, 0.5) is 0 Å². The second-order valence-corrected chi connectivity index (χ2v) is 6.87. The summed E-state index contributed by atoms with van der Waals surface area (Å²) in [5.74, 6) is 0.724. The standard InChI is InChI=1S/C15H29N3/c1-5-7-17-14-9-13(10-15(2,3)4)11-18(12-14)8-6-16/h13-14,17H,5,7-12H2,1-4H3. The first-order chi connectivity index (χ1) is 8.44. The lowest BCUT2D eigenvalue weighted by Gasteiger charge is -2.39. The summed E-state index contributed by atoms with van der Waals surface area (Å²) in [6.45, 7) is 12.9. The molecule has 104 valence electrons. The molecule has 2 unspecified atom stereocenters. The van der Waals surface area contributed by atoms with Crippen LogP contribution in [-0.4, -0.2) is 37.1 Å². The van der Waals surface area contributed by atoms with Crippen molar-refractivity contribution in [1.82, 2.24) is 10.2 Å². The van der Waals surface area contributed by atoms with Crippen LogP contribution in [0.5, 0.6) is 0 Å². The molecule has 0 aromatic rings. The van der Waals surface area contributed by atoms with Gasteiger partial charge in [0.05, 0.1) is 12.6 Å². The van der Waals surface area contributed by atoms with Crippen molar-refractivity contribution in [1.29, 1.82) is 5.26 Å². The Morgan fingerprint density at radius 3 is 2.61 bits per heavy atom. The average molecular weight is 251 g/mol. The molecule has 0 aromatic carbocycles. The van der Waals surface area contributed by atoms with Crippen molar-refractivity contribution in [2.45, 2.75) is 53.0 Å². The molecule has 1 heterocycles. The van der Waals surface area contributed by atoms with E-state index in [0.717, 1.165) is 25.6 Å². The van der Waals surface area contributed by atoms with Gasteiger partial charge < -0.3 is 5.32 Å². The van der Waals surface area contributed by atoms with Gasteiger partial charge in [0.25, 0.3) is 0 Å². The Kier molecular flexibility index (Phi) is 6.11. The van der Waals surface area contributed by atoms with Gasteiger partial charge in [-0.2, -0.15) is 5.26 Å². The molecule has 1 saturated heterocycles. The molecular formula is C15H29N3. The number of hydrogen-bond acceptors (Lipinski definition) is 3. The van der Waals surface area contributed by atoms with E-state index in [9.17, 15) is 0 Å². The van der Waals surface area contributed by atoms with E-state index in [1.807, 2.05) is 0 Å². The summed E-state index contributed by atoms with van der Waals surface area (Å²) in [4.78, 5) is 2.31. The van der Waals surface area contributed by atoms with Crippen molar-refractivity contribution < 1.29 is 0 Å². The molecule has 0 radical (unpaired) electrons. The number of nitriles is 1. The highest BCUT2D eigenvalue weighted by atomic mass is 15.2. The normalized spacial score (nSPS) is 25.9. The van der Waals surface area contributed by atoms with E-state index in [0.29, 0.717) is 18.0 Å². The summed E-state index contributed by atoms with van der Waals surface area (Å²) >= 11 is 0. The minimum Gasteiger partial charge on any atom is -0.313 e. The van der Waals surface area contributed by atoms with E-state index in [1.54, 1.807) is 0 Å². The molecule has 0 aliphatic carbocycles. The third-order valence-corrected chi connectivity index (χ3v) is 3.49. The lowest BCUT2D eigenvalue weighted by molar-refractivity contribution is 0.125. The molecule has 3 heteroatoms. The van der Waals surface area contributed by atoms with Gasteiger partial charge in [-0.25, -0.2) is 0 Å². The molecule has 0 spiro atoms. The van der Waals surface area contributed by atoms with Crippen molar-refractivity contribution in [2.75, 3.05) is 26.2 Å². The number of piperidine rings is 1. The molecule has 0 bridgehead atoms. The molecule has 1 rings (SSSR count). The Hall–Kier alpha value is -0.590. The quantitative estimate of drug-likeness (QED) is 0.764. The Labute approximate surface area is 113 Å². The Balaban J connectivity index is 2.54. The van der Waals surface area contributed by atoms with Crippen LogP contribution < -0.4 is 5.32 Å². The first-order valence-electron chi connectivity index (χ1n) is 7.27. The van der Waals surface area contributed by atoms with Gasteiger partial charge in [-0.05, 0) is 37.1 Å². The minimum atomic E-state index is 0.385. The third kappa shape index (κ3) is 5.84. The second-order valence-electron chi connectivity index (χ2n) is 6.87. The monoisotopic (exact) mass is 251 g/mol. The lowest BCUT2D eigenvalue weighted by Crippen LogP contribution is -2.50. The summed E-state index contributed by atoms with van der Waals surface area (Å²) in [5, 5.41) is 12.5. The maximum absolute atomic E-state index is 8.89. The van der Waals surface area contributed by atoms with Crippen LogP contribution in [0, 0.1) is 22.7 Å². The zero-order valence-corrected chi connectivity index (χ0v) is 12.5. The zero-order chi connectivity index (χ0) is 13.6. The van der Waals surface area contributed by atoms with Crippen LogP contribution in [0.1, 0.15) is 47.0 Å². The predicted molar refractivity (Wildman–Crippen MR) is 76.3 cm³/mol. The van der Waals surface area contributed by atoms with Crippen molar-refractivity contribution in [2.24, 2.45) is 11.3 Å². The minimum absolute atomic E-state index is 0.385. The van der Waals surface area contributed by atoms with Crippen LogP contribution in [0.2, 0.25) is 0 Å². The molecule has 1 N–H and O–H groups in total. The maximum Gasteiger partial charge on any atom is 0.0866 e. The van der Waals surface area contributed by atoms with Crippen LogP contribution >= 0.6 is 0 Å². The average Bonchev–Trinajstić information content (AvgIpc) is 2.24. The van der Waals surface area contributed by atoms with Gasteiger partial charge in [-0.1, -0.05) is 27.7 Å². The highest BCUT2D eigenvalue weighted by Crippen LogP contribution is 2.30. The third-order valence-electron chi connectivity index (χ3n) is 3.49. The fraction of sp³-hybridized carbons (Fsp3) is 0.933. The Morgan fingerprint density at radius 1 is 1.33 bits per heavy atom. The number of nitrogens with zero attached hydrogens (tertiary/aromatic N) is 2. The summed E-state index contributed by atoms with van der Waals surface area (Å²) in [6.07, 6.45) is 3.69. The molecule has 0 aromatic heterocycles. The molecule has 3 nitrogen and oxygen atoms in total. The summed E-state index contributed by atoms with van der Waals surface area (Å²) in [6, 6.07) is 2.86. The first kappa shape index (κ1) is 15.5. The van der Waals surface area contributed by atoms with Crippen LogP contribution in [-0.2, 0) is 0 Å². The second kappa shape index (κ2) is 7.11. The van der Waals surface area contributed by atoms with E-state index in [4.69, 9.17) is 5.26 Å². The maximum atomic E-state index is 8.89. The Morgan fingerprint density at radius 2 is 2.06 bits per heavy atom. The van der Waals surface area contributed by atoms with Crippen molar-refractivity contribution >= 4 is 0 Å². The molecule has 0 saturated carbocycles. The Bertz CT molecular complexity index is 274. The van der Waals surface area contributed by atoms with Gasteiger partial charge in [0.2, 0.25) is 0 Å². The summed E-state index contributed by atoms with van der Waals surface area (Å²) < 4.78 is 0. The topological polar surface area (TPSA) is 39.1 Å². The van der Waals surface area contributed by atoms with Gasteiger partial charge in [0, 0.05) is 19.1 Å². The molecular weight excluding hydrogens is 222 g/mol. The van der Waals surface area contributed by atoms with Gasteiger partial charge in [-0.3, -0.25) is 4.90 Å². The number of rotatable bonds is 5. The van der Waals surface area contributed by atoms with Crippen LogP contribution in [0.3, 0.4) is 0 Å². The predicted octanol–water partition coefficient (Wildman–Crippen LogP) is 2.64. The molecule has 1 aliphatic rings. The zero-order valence-electron chi connectivity index (χ0n) is 12.5. The SMILES string of the molecule is CCCNC1CC(CC(C)(C)C)CN(CC#N)C1. The fourth-order valence-electron chi connectivity index (χ4n) is 3.04. The van der Waals surface area contributed by atoms with Crippen molar-refractivity contribution in [3.8, 4) is 6.07 Å². The number of likely N-dealkylation sites (tertiary alicyclic amines) is 1. The van der Waals surface area contributed by atoms with Crippen molar-refractivity contribution in [3.05, 3.63) is 0 Å². The number of nitrogens with one attached hydrogen (secondary N) is 1. The molecule has 2 atom stereocenters. The molecule has 0 amide bonds. The van der Waals surface area contributed by atoms with Crippen molar-refractivity contribution in [3.63, 3.8) is 0 Å². The number of hydrogen-bond donors (Lipinski definition) is 1. The molecule has 18 heavy (non-hydrogen) atoms. The molecule has 1 fully saturated rings. The highest BCUT2D eigenvalue weighted by molar-refractivity contribution is 4.89. The summed E-state index contributed by atoms with van der Waals surface area (Å²) in [5.41, 5.74) is 0.385. The van der Waals surface area contributed by atoms with Crippen LogP contribution in [0.25, 0.3) is 0 Å². The van der Waals surface area contributed by atoms with E-state index >= 15 is 0 Å². The lowest BCUT2D eigenvalue weighted by atomic mass is 9.80. The van der Waals surface area contributed by atoms with Gasteiger partial charge in [0.1, 0.15) is 0 Å². The van der Waals surface area contributed by atoms with E-state index < -0.39 is 0 Å². The fourth-order valence-corrected chi connectivity index (χ4v) is 3.04. The van der Waals surface area contributed by atoms with Gasteiger partial charge in [0.15, 0.2) is 0 Å². The largest absolute Gasteiger partial charge is 0.313 e. The van der Waals surface area contributed by atoms with E-state index in [1.165, 1.54) is 19.3 Å². The summed E-state index contributed by atoms with van der Waals surface area (Å²) in [7, 11) is 0.